The number of furan rings is 1. The Morgan fingerprint density at radius 3 is 2.56 bits per heavy atom. The number of allylic oxidation sites excluding steroid dienone is 1. The van der Waals surface area contributed by atoms with Crippen LogP contribution in [0.5, 0.6) is 11.5 Å². The summed E-state index contributed by atoms with van der Waals surface area (Å²) in [5, 5.41) is 0.254. The fourth-order valence-electron chi connectivity index (χ4n) is 4.79. The fraction of sp³-hybridized carbons (Fsp3) is 0.226. The van der Waals surface area contributed by atoms with Crippen molar-refractivity contribution in [3.8, 4) is 22.8 Å². The van der Waals surface area contributed by atoms with E-state index < -0.39 is 18.0 Å². The van der Waals surface area contributed by atoms with Gasteiger partial charge in [0.15, 0.2) is 4.80 Å². The van der Waals surface area contributed by atoms with Gasteiger partial charge in [-0.1, -0.05) is 22.9 Å². The van der Waals surface area contributed by atoms with Crippen LogP contribution in [-0.2, 0) is 14.3 Å². The van der Waals surface area contributed by atoms with E-state index in [9.17, 15) is 14.4 Å². The lowest BCUT2D eigenvalue weighted by atomic mass is 9.95. The number of nitrogens with zero attached hydrogens (tertiary/aromatic N) is 2. The molecule has 0 radical (unpaired) electrons. The van der Waals surface area contributed by atoms with Gasteiger partial charge in [0.1, 0.15) is 29.1 Å². The molecule has 3 heterocycles. The van der Waals surface area contributed by atoms with Crippen LogP contribution < -0.4 is 24.4 Å². The molecule has 12 heteroatoms. The van der Waals surface area contributed by atoms with Gasteiger partial charge in [-0.25, -0.2) is 14.6 Å². The average Bonchev–Trinajstić information content (AvgIpc) is 3.60. The first kappa shape index (κ1) is 29.9. The lowest BCUT2D eigenvalue weighted by Gasteiger charge is -2.26. The zero-order valence-electron chi connectivity index (χ0n) is 23.9. The second kappa shape index (κ2) is 12.3. The molecule has 0 N–H and O–H groups in total. The zero-order valence-corrected chi connectivity index (χ0v) is 25.5. The maximum Gasteiger partial charge on any atom is 0.339 e. The number of rotatable bonds is 8. The van der Waals surface area contributed by atoms with Crippen LogP contribution in [0, 0.1) is 0 Å². The third kappa shape index (κ3) is 5.61. The Bertz CT molecular complexity index is 1950. The van der Waals surface area contributed by atoms with Gasteiger partial charge in [-0.2, -0.15) is 0 Å². The molecule has 0 amide bonds. The topological polar surface area (TPSA) is 119 Å². The molecule has 43 heavy (non-hydrogen) atoms. The number of fused-ring (bicyclic) bond motifs is 1. The second-order valence-electron chi connectivity index (χ2n) is 9.30. The molecule has 0 saturated carbocycles. The van der Waals surface area contributed by atoms with Gasteiger partial charge >= 0.3 is 11.9 Å². The van der Waals surface area contributed by atoms with Crippen LogP contribution in [0.2, 0.25) is 5.02 Å². The Hall–Kier alpha value is -4.61. The standard InChI is InChI=1S/C31H27ClN2O8S/c1-6-41-30(37)26-16(2)33-31-34(27(26)20-10-8-18(38-3)14-24(20)39-4)28(35)25(43-31)15-19-9-12-23(42-19)17-7-11-22(32)21(13-17)29(36)40-5/h7-15,27H,6H2,1-5H3/b25-15-/t27-/m1/s1. The minimum Gasteiger partial charge on any atom is -0.497 e. The maximum atomic E-state index is 14.0. The summed E-state index contributed by atoms with van der Waals surface area (Å²) in [7, 11) is 4.32. The molecule has 0 spiro atoms. The maximum absolute atomic E-state index is 14.0. The van der Waals surface area contributed by atoms with Gasteiger partial charge < -0.3 is 23.4 Å². The van der Waals surface area contributed by atoms with Gasteiger partial charge in [0, 0.05) is 23.3 Å². The first-order chi connectivity index (χ1) is 20.7. The lowest BCUT2D eigenvalue weighted by Crippen LogP contribution is -2.40. The number of ether oxygens (including phenoxy) is 4. The van der Waals surface area contributed by atoms with E-state index in [0.29, 0.717) is 49.2 Å². The van der Waals surface area contributed by atoms with Crippen molar-refractivity contribution < 1.29 is 33.0 Å². The number of benzene rings is 2. The number of thiazole rings is 1. The molecule has 1 atom stereocenters. The molecule has 0 bridgehead atoms. The van der Waals surface area contributed by atoms with Crippen molar-refractivity contribution in [1.82, 2.24) is 4.57 Å². The molecule has 2 aromatic carbocycles. The number of hydrogen-bond donors (Lipinski definition) is 0. The van der Waals surface area contributed by atoms with E-state index in [1.807, 2.05) is 0 Å². The Labute approximate surface area is 255 Å². The fourth-order valence-corrected chi connectivity index (χ4v) is 6.01. The van der Waals surface area contributed by atoms with Gasteiger partial charge in [0.2, 0.25) is 0 Å². The van der Waals surface area contributed by atoms with Crippen molar-refractivity contribution in [3.05, 3.63) is 101 Å². The molecule has 5 rings (SSSR count). The Morgan fingerprint density at radius 1 is 1.07 bits per heavy atom. The Morgan fingerprint density at radius 2 is 1.86 bits per heavy atom. The molecule has 0 unspecified atom stereocenters. The summed E-state index contributed by atoms with van der Waals surface area (Å²) in [4.78, 5) is 44.2. The largest absolute Gasteiger partial charge is 0.497 e. The third-order valence-corrected chi connectivity index (χ3v) is 8.12. The number of hydrogen-bond acceptors (Lipinski definition) is 10. The highest BCUT2D eigenvalue weighted by molar-refractivity contribution is 7.07. The van der Waals surface area contributed by atoms with Crippen molar-refractivity contribution in [3.63, 3.8) is 0 Å². The highest BCUT2D eigenvalue weighted by Gasteiger charge is 2.35. The molecular formula is C31H27ClN2O8S. The smallest absolute Gasteiger partial charge is 0.339 e. The van der Waals surface area contributed by atoms with E-state index in [1.54, 1.807) is 68.5 Å². The zero-order chi connectivity index (χ0) is 30.8. The van der Waals surface area contributed by atoms with Crippen molar-refractivity contribution in [2.24, 2.45) is 4.99 Å². The van der Waals surface area contributed by atoms with E-state index in [2.05, 4.69) is 4.99 Å². The van der Waals surface area contributed by atoms with Crippen LogP contribution in [-0.4, -0.2) is 44.4 Å². The molecule has 0 fully saturated rings. The quantitative estimate of drug-likeness (QED) is 0.263. The summed E-state index contributed by atoms with van der Waals surface area (Å²) >= 11 is 7.32. The van der Waals surface area contributed by atoms with E-state index in [0.717, 1.165) is 11.3 Å². The third-order valence-electron chi connectivity index (χ3n) is 6.81. The molecule has 0 aliphatic carbocycles. The van der Waals surface area contributed by atoms with Crippen LogP contribution in [0.4, 0.5) is 0 Å². The van der Waals surface area contributed by atoms with Crippen molar-refractivity contribution in [2.45, 2.75) is 19.9 Å². The molecule has 10 nitrogen and oxygen atoms in total. The summed E-state index contributed by atoms with van der Waals surface area (Å²) in [5.74, 6) is 0.697. The Kier molecular flexibility index (Phi) is 8.56. The average molecular weight is 623 g/mol. The van der Waals surface area contributed by atoms with Gasteiger partial charge in [-0.05, 0) is 56.3 Å². The predicted molar refractivity (Wildman–Crippen MR) is 160 cm³/mol. The van der Waals surface area contributed by atoms with Crippen LogP contribution in [0.25, 0.3) is 17.4 Å². The number of halogens is 1. The van der Waals surface area contributed by atoms with Gasteiger partial charge in [0.05, 0.1) is 54.3 Å². The Balaban J connectivity index is 1.63. The molecular weight excluding hydrogens is 596 g/mol. The monoisotopic (exact) mass is 622 g/mol. The van der Waals surface area contributed by atoms with Crippen LogP contribution in [0.3, 0.4) is 0 Å². The van der Waals surface area contributed by atoms with E-state index in [4.69, 9.17) is 35.0 Å². The first-order valence-corrected chi connectivity index (χ1v) is 14.3. The van der Waals surface area contributed by atoms with Crippen LogP contribution >= 0.6 is 22.9 Å². The van der Waals surface area contributed by atoms with E-state index in [-0.39, 0.29) is 28.3 Å². The molecule has 222 valence electrons. The summed E-state index contributed by atoms with van der Waals surface area (Å²) < 4.78 is 29.0. The van der Waals surface area contributed by atoms with Crippen molar-refractivity contribution in [1.29, 1.82) is 0 Å². The predicted octanol–water partition coefficient (Wildman–Crippen LogP) is 4.52. The first-order valence-electron chi connectivity index (χ1n) is 13.1. The number of methoxy groups -OCH3 is 3. The number of aromatic nitrogens is 1. The number of carbonyl (C=O) groups excluding carboxylic acids is 2. The highest BCUT2D eigenvalue weighted by Crippen LogP contribution is 2.37. The molecule has 1 aliphatic rings. The van der Waals surface area contributed by atoms with E-state index in [1.165, 1.54) is 25.9 Å². The second-order valence-corrected chi connectivity index (χ2v) is 10.7. The molecule has 1 aliphatic heterocycles. The van der Waals surface area contributed by atoms with Crippen molar-refractivity contribution >= 4 is 41.0 Å². The van der Waals surface area contributed by atoms with Gasteiger partial charge in [-0.15, -0.1) is 0 Å². The van der Waals surface area contributed by atoms with E-state index >= 15 is 0 Å². The summed E-state index contributed by atoms with van der Waals surface area (Å²) in [6, 6.07) is 12.6. The summed E-state index contributed by atoms with van der Waals surface area (Å²) in [6.07, 6.45) is 1.61. The van der Waals surface area contributed by atoms with Crippen LogP contribution in [0.15, 0.2) is 74.0 Å². The normalized spacial score (nSPS) is 14.7. The summed E-state index contributed by atoms with van der Waals surface area (Å²) in [6.45, 7) is 3.58. The van der Waals surface area contributed by atoms with Gasteiger partial charge in [0.25, 0.3) is 5.56 Å². The lowest BCUT2D eigenvalue weighted by molar-refractivity contribution is -0.139. The van der Waals surface area contributed by atoms with Gasteiger partial charge in [-0.3, -0.25) is 9.36 Å². The molecule has 4 aromatic rings. The number of esters is 2. The minimum absolute atomic E-state index is 0.155. The number of carbonyl (C=O) groups is 2. The summed E-state index contributed by atoms with van der Waals surface area (Å²) in [5.41, 5.74) is 1.66. The van der Waals surface area contributed by atoms with Crippen molar-refractivity contribution in [2.75, 3.05) is 27.9 Å². The SMILES string of the molecule is CCOC(=O)C1=C(C)N=c2s/c(=C\c3ccc(-c4ccc(Cl)c(C(=O)OC)c4)o3)c(=O)n2[C@@H]1c1ccc(OC)cc1OC. The molecule has 0 saturated heterocycles. The van der Waals surface area contributed by atoms with Crippen LogP contribution in [0.1, 0.15) is 41.6 Å². The highest BCUT2D eigenvalue weighted by atomic mass is 35.5. The minimum atomic E-state index is -0.865. The molecule has 2 aromatic heterocycles.